The standard InChI is InChI=1S/C17H23N3O2/c1-2-3-4-8-11-14(20-17(21)22)16-18-12-15(19-16)13-9-6-5-7-10-13/h5-7,9-10,12,14,20H,2-4,8,11H2,1H3,(H,18,19)(H,21,22). The highest BCUT2D eigenvalue weighted by atomic mass is 16.4. The smallest absolute Gasteiger partial charge is 0.405 e. The van der Waals surface area contributed by atoms with Crippen LogP contribution in [0.5, 0.6) is 0 Å². The van der Waals surface area contributed by atoms with Gasteiger partial charge in [0, 0.05) is 0 Å². The third-order valence-corrected chi connectivity index (χ3v) is 3.65. The summed E-state index contributed by atoms with van der Waals surface area (Å²) in [6.45, 7) is 2.16. The molecule has 0 aliphatic rings. The van der Waals surface area contributed by atoms with Gasteiger partial charge in [-0.05, 0) is 12.0 Å². The molecule has 0 aliphatic carbocycles. The van der Waals surface area contributed by atoms with E-state index in [1.165, 1.54) is 6.42 Å². The molecule has 2 rings (SSSR count). The van der Waals surface area contributed by atoms with Crippen molar-refractivity contribution in [1.29, 1.82) is 0 Å². The Balaban J connectivity index is 2.07. The Bertz CT molecular complexity index is 581. The molecule has 22 heavy (non-hydrogen) atoms. The zero-order chi connectivity index (χ0) is 15.8. The molecule has 118 valence electrons. The minimum atomic E-state index is -1.02. The topological polar surface area (TPSA) is 78.0 Å². The van der Waals surface area contributed by atoms with Crippen molar-refractivity contribution >= 4 is 6.09 Å². The fraction of sp³-hybridized carbons (Fsp3) is 0.412. The number of nitrogens with one attached hydrogen (secondary N) is 2. The van der Waals surface area contributed by atoms with Crippen molar-refractivity contribution in [2.24, 2.45) is 0 Å². The van der Waals surface area contributed by atoms with Gasteiger partial charge < -0.3 is 15.4 Å². The van der Waals surface area contributed by atoms with Gasteiger partial charge in [0.15, 0.2) is 0 Å². The summed E-state index contributed by atoms with van der Waals surface area (Å²) in [5, 5.41) is 11.6. The maximum Gasteiger partial charge on any atom is 0.405 e. The number of unbranched alkanes of at least 4 members (excludes halogenated alkanes) is 3. The number of benzene rings is 1. The van der Waals surface area contributed by atoms with E-state index in [1.807, 2.05) is 30.3 Å². The van der Waals surface area contributed by atoms with Gasteiger partial charge in [-0.3, -0.25) is 0 Å². The zero-order valence-corrected chi connectivity index (χ0v) is 12.9. The Morgan fingerprint density at radius 2 is 2.05 bits per heavy atom. The van der Waals surface area contributed by atoms with Crippen molar-refractivity contribution in [3.8, 4) is 11.3 Å². The largest absolute Gasteiger partial charge is 0.465 e. The molecule has 0 saturated heterocycles. The second-order valence-electron chi connectivity index (χ2n) is 5.40. The Morgan fingerprint density at radius 3 is 2.73 bits per heavy atom. The van der Waals surface area contributed by atoms with Crippen LogP contribution in [-0.4, -0.2) is 21.2 Å². The molecule has 0 radical (unpaired) electrons. The Labute approximate surface area is 130 Å². The summed E-state index contributed by atoms with van der Waals surface area (Å²) in [7, 11) is 0. The monoisotopic (exact) mass is 301 g/mol. The maximum atomic E-state index is 11.0. The average Bonchev–Trinajstić information content (AvgIpc) is 3.01. The number of carbonyl (C=O) groups is 1. The van der Waals surface area contributed by atoms with Gasteiger partial charge >= 0.3 is 6.09 Å². The van der Waals surface area contributed by atoms with Crippen LogP contribution in [0.4, 0.5) is 4.79 Å². The van der Waals surface area contributed by atoms with Gasteiger partial charge in [-0.1, -0.05) is 62.9 Å². The number of rotatable bonds is 8. The van der Waals surface area contributed by atoms with Crippen LogP contribution in [0.1, 0.15) is 50.9 Å². The van der Waals surface area contributed by atoms with Crippen LogP contribution in [0.3, 0.4) is 0 Å². The number of hydrogen-bond donors (Lipinski definition) is 3. The Hall–Kier alpha value is -2.30. The molecule has 5 nitrogen and oxygen atoms in total. The Morgan fingerprint density at radius 1 is 1.27 bits per heavy atom. The van der Waals surface area contributed by atoms with E-state index in [1.54, 1.807) is 6.20 Å². The van der Waals surface area contributed by atoms with Crippen LogP contribution in [0.2, 0.25) is 0 Å². The van der Waals surface area contributed by atoms with Crippen molar-refractivity contribution in [2.45, 2.75) is 45.1 Å². The first-order valence-electron chi connectivity index (χ1n) is 7.80. The van der Waals surface area contributed by atoms with E-state index >= 15 is 0 Å². The van der Waals surface area contributed by atoms with E-state index in [0.29, 0.717) is 5.82 Å². The highest BCUT2D eigenvalue weighted by Crippen LogP contribution is 2.22. The number of aromatic nitrogens is 2. The van der Waals surface area contributed by atoms with E-state index in [-0.39, 0.29) is 6.04 Å². The normalized spacial score (nSPS) is 12.0. The third kappa shape index (κ3) is 4.62. The van der Waals surface area contributed by atoms with Crippen molar-refractivity contribution in [1.82, 2.24) is 15.3 Å². The second-order valence-corrected chi connectivity index (χ2v) is 5.40. The lowest BCUT2D eigenvalue weighted by Crippen LogP contribution is -2.27. The number of H-pyrrole nitrogens is 1. The van der Waals surface area contributed by atoms with Gasteiger partial charge in [0.25, 0.3) is 0 Å². The highest BCUT2D eigenvalue weighted by molar-refractivity contribution is 5.65. The molecule has 2 aromatic rings. The van der Waals surface area contributed by atoms with Crippen LogP contribution in [-0.2, 0) is 0 Å². The van der Waals surface area contributed by atoms with E-state index in [4.69, 9.17) is 5.11 Å². The summed E-state index contributed by atoms with van der Waals surface area (Å²) in [4.78, 5) is 18.6. The van der Waals surface area contributed by atoms with Crippen LogP contribution in [0.15, 0.2) is 36.5 Å². The SMILES string of the molecule is CCCCCCC(NC(=O)O)c1ncc(-c2ccccc2)[nH]1. The van der Waals surface area contributed by atoms with Crippen molar-refractivity contribution in [3.63, 3.8) is 0 Å². The number of imidazole rings is 1. The second kappa shape index (κ2) is 8.22. The lowest BCUT2D eigenvalue weighted by molar-refractivity contribution is 0.188. The first-order valence-corrected chi connectivity index (χ1v) is 7.80. The number of carboxylic acid groups (broad SMARTS) is 1. The molecular formula is C17H23N3O2. The van der Waals surface area contributed by atoms with Crippen molar-refractivity contribution in [2.75, 3.05) is 0 Å². The van der Waals surface area contributed by atoms with E-state index in [0.717, 1.165) is 36.9 Å². The summed E-state index contributed by atoms with van der Waals surface area (Å²) in [6, 6.07) is 9.60. The summed E-state index contributed by atoms with van der Waals surface area (Å²) >= 11 is 0. The molecule has 1 aromatic carbocycles. The van der Waals surface area contributed by atoms with Crippen molar-refractivity contribution in [3.05, 3.63) is 42.4 Å². The molecule has 0 aliphatic heterocycles. The van der Waals surface area contributed by atoms with Crippen molar-refractivity contribution < 1.29 is 9.90 Å². The fourth-order valence-electron chi connectivity index (χ4n) is 2.48. The van der Waals surface area contributed by atoms with Gasteiger partial charge in [0.2, 0.25) is 0 Å². The van der Waals surface area contributed by atoms with Gasteiger partial charge in [0.05, 0.1) is 17.9 Å². The summed E-state index contributed by atoms with van der Waals surface area (Å²) in [5.74, 6) is 0.678. The minimum absolute atomic E-state index is 0.285. The molecule has 1 aromatic heterocycles. The molecule has 5 heteroatoms. The third-order valence-electron chi connectivity index (χ3n) is 3.65. The van der Waals surface area contributed by atoms with Crippen LogP contribution >= 0.6 is 0 Å². The summed E-state index contributed by atoms with van der Waals surface area (Å²) in [5.41, 5.74) is 1.95. The molecule has 1 amide bonds. The number of aromatic amines is 1. The van der Waals surface area contributed by atoms with Gasteiger partial charge in [-0.15, -0.1) is 0 Å². The predicted molar refractivity (Wildman–Crippen MR) is 86.7 cm³/mol. The molecule has 0 saturated carbocycles. The lowest BCUT2D eigenvalue weighted by atomic mass is 10.1. The molecule has 0 bridgehead atoms. The molecule has 1 unspecified atom stereocenters. The van der Waals surface area contributed by atoms with E-state index in [2.05, 4.69) is 22.2 Å². The molecule has 0 fully saturated rings. The first-order chi connectivity index (χ1) is 10.7. The average molecular weight is 301 g/mol. The van der Waals surface area contributed by atoms with E-state index < -0.39 is 6.09 Å². The minimum Gasteiger partial charge on any atom is -0.465 e. The predicted octanol–water partition coefficient (Wildman–Crippen LogP) is 4.36. The summed E-state index contributed by atoms with van der Waals surface area (Å²) < 4.78 is 0. The number of hydrogen-bond acceptors (Lipinski definition) is 2. The van der Waals surface area contributed by atoms with Gasteiger partial charge in [-0.2, -0.15) is 0 Å². The first kappa shape index (κ1) is 16.1. The molecule has 3 N–H and O–H groups in total. The number of amides is 1. The highest BCUT2D eigenvalue weighted by Gasteiger charge is 2.17. The van der Waals surface area contributed by atoms with E-state index in [9.17, 15) is 4.79 Å². The van der Waals surface area contributed by atoms with Crippen LogP contribution in [0, 0.1) is 0 Å². The fourth-order valence-corrected chi connectivity index (χ4v) is 2.48. The molecular weight excluding hydrogens is 278 g/mol. The zero-order valence-electron chi connectivity index (χ0n) is 12.9. The summed E-state index contributed by atoms with van der Waals surface area (Å²) in [6.07, 6.45) is 5.93. The Kier molecular flexibility index (Phi) is 6.01. The molecule has 1 heterocycles. The number of nitrogens with zero attached hydrogens (tertiary/aromatic N) is 1. The lowest BCUT2D eigenvalue weighted by Gasteiger charge is -2.14. The van der Waals surface area contributed by atoms with Crippen LogP contribution in [0.25, 0.3) is 11.3 Å². The van der Waals surface area contributed by atoms with Gasteiger partial charge in [0.1, 0.15) is 5.82 Å². The van der Waals surface area contributed by atoms with Gasteiger partial charge in [-0.25, -0.2) is 9.78 Å². The molecule has 0 spiro atoms. The molecule has 1 atom stereocenters. The quantitative estimate of drug-likeness (QED) is 0.634. The maximum absolute atomic E-state index is 11.0. The van der Waals surface area contributed by atoms with Crippen LogP contribution < -0.4 is 5.32 Å².